The van der Waals surface area contributed by atoms with Gasteiger partial charge in [-0.3, -0.25) is 9.59 Å². The van der Waals surface area contributed by atoms with Gasteiger partial charge in [-0.05, 0) is 38.8 Å². The van der Waals surface area contributed by atoms with Gasteiger partial charge >= 0.3 is 5.97 Å². The Morgan fingerprint density at radius 2 is 2.08 bits per heavy atom. The summed E-state index contributed by atoms with van der Waals surface area (Å²) < 4.78 is 10.7. The molecule has 1 amide bonds. The number of thioether (sulfide) groups is 1. The molecule has 1 saturated heterocycles. The molecule has 1 atom stereocenters. The summed E-state index contributed by atoms with van der Waals surface area (Å²) in [4.78, 5) is 30.6. The lowest BCUT2D eigenvalue weighted by molar-refractivity contribution is -0.151. The molecule has 1 aromatic carbocycles. The number of hydrogen-bond acceptors (Lipinski definition) is 6. The molecule has 1 fully saturated rings. The second-order valence-electron chi connectivity index (χ2n) is 6.06. The number of para-hydroxylation sites is 2. The number of hydrogen-bond donors (Lipinski definition) is 0. The molecule has 1 aromatic heterocycles. The van der Waals surface area contributed by atoms with Crippen LogP contribution in [-0.4, -0.2) is 46.7 Å². The van der Waals surface area contributed by atoms with Gasteiger partial charge in [0.1, 0.15) is 5.52 Å². The number of esters is 1. The van der Waals surface area contributed by atoms with Crippen molar-refractivity contribution in [3.8, 4) is 0 Å². The predicted molar refractivity (Wildman–Crippen MR) is 95.3 cm³/mol. The topological polar surface area (TPSA) is 72.6 Å². The number of piperidine rings is 1. The molecule has 7 heteroatoms. The summed E-state index contributed by atoms with van der Waals surface area (Å²) in [6.07, 6.45) is 1.32. The van der Waals surface area contributed by atoms with Crippen LogP contribution in [0, 0.1) is 5.92 Å². The summed E-state index contributed by atoms with van der Waals surface area (Å²) in [6.45, 7) is 5.23. The third kappa shape index (κ3) is 4.15. The number of rotatable bonds is 5. The molecule has 25 heavy (non-hydrogen) atoms. The van der Waals surface area contributed by atoms with E-state index in [-0.39, 0.29) is 23.0 Å². The van der Waals surface area contributed by atoms with E-state index in [1.165, 1.54) is 11.8 Å². The zero-order valence-corrected chi connectivity index (χ0v) is 15.3. The zero-order chi connectivity index (χ0) is 17.8. The number of carbonyl (C=O) groups is 2. The highest BCUT2D eigenvalue weighted by atomic mass is 32.2. The number of fused-ring (bicyclic) bond motifs is 1. The maximum Gasteiger partial charge on any atom is 0.309 e. The lowest BCUT2D eigenvalue weighted by Crippen LogP contribution is -2.43. The molecule has 0 saturated carbocycles. The molecule has 0 unspecified atom stereocenters. The molecule has 1 aliphatic heterocycles. The predicted octanol–water partition coefficient (Wildman–Crippen LogP) is 3.11. The molecule has 134 valence electrons. The van der Waals surface area contributed by atoms with Crippen molar-refractivity contribution in [3.05, 3.63) is 24.3 Å². The Morgan fingerprint density at radius 1 is 1.36 bits per heavy atom. The van der Waals surface area contributed by atoms with E-state index < -0.39 is 0 Å². The van der Waals surface area contributed by atoms with E-state index in [2.05, 4.69) is 4.98 Å². The lowest BCUT2D eigenvalue weighted by Gasteiger charge is -2.32. The third-order valence-electron chi connectivity index (χ3n) is 4.33. The summed E-state index contributed by atoms with van der Waals surface area (Å²) in [5.74, 6) is -0.193. The Balaban J connectivity index is 1.55. The average Bonchev–Trinajstić information content (AvgIpc) is 3.03. The highest BCUT2D eigenvalue weighted by Crippen LogP contribution is 2.28. The molecule has 0 radical (unpaired) electrons. The highest BCUT2D eigenvalue weighted by molar-refractivity contribution is 8.00. The van der Waals surface area contributed by atoms with Crippen LogP contribution < -0.4 is 0 Å². The number of likely N-dealkylation sites (tertiary alicyclic amines) is 1. The van der Waals surface area contributed by atoms with Crippen molar-refractivity contribution >= 4 is 34.7 Å². The fourth-order valence-electron chi connectivity index (χ4n) is 2.96. The first kappa shape index (κ1) is 17.8. The Morgan fingerprint density at radius 3 is 2.76 bits per heavy atom. The van der Waals surface area contributed by atoms with E-state index in [0.717, 1.165) is 11.1 Å². The number of carbonyl (C=O) groups excluding carboxylic acids is 2. The van der Waals surface area contributed by atoms with Crippen LogP contribution in [-0.2, 0) is 14.3 Å². The third-order valence-corrected chi connectivity index (χ3v) is 5.26. The van der Waals surface area contributed by atoms with Crippen LogP contribution in [0.2, 0.25) is 0 Å². The summed E-state index contributed by atoms with van der Waals surface area (Å²) in [5, 5.41) is 0.218. The Labute approximate surface area is 150 Å². The van der Waals surface area contributed by atoms with Gasteiger partial charge in [0.05, 0.1) is 17.8 Å². The van der Waals surface area contributed by atoms with E-state index in [9.17, 15) is 9.59 Å². The van der Waals surface area contributed by atoms with Gasteiger partial charge < -0.3 is 14.1 Å². The molecule has 2 aromatic rings. The van der Waals surface area contributed by atoms with Crippen molar-refractivity contribution < 1.29 is 18.7 Å². The standard InChI is InChI=1S/C18H22N2O4S/c1-3-23-17(22)13-8-10-20(11-9-13)16(21)12(2)25-18-19-14-6-4-5-7-15(14)24-18/h4-7,12-13H,3,8-11H2,1-2H3/t12-/m0/s1. The molecular formula is C18H22N2O4S. The van der Waals surface area contributed by atoms with Gasteiger partial charge in [-0.25, -0.2) is 4.98 Å². The number of benzene rings is 1. The monoisotopic (exact) mass is 362 g/mol. The van der Waals surface area contributed by atoms with Crippen LogP contribution in [0.25, 0.3) is 11.1 Å². The quantitative estimate of drug-likeness (QED) is 0.601. The average molecular weight is 362 g/mol. The van der Waals surface area contributed by atoms with Crippen LogP contribution in [0.5, 0.6) is 0 Å². The van der Waals surface area contributed by atoms with Crippen LogP contribution in [0.15, 0.2) is 33.9 Å². The summed E-state index contributed by atoms with van der Waals surface area (Å²) in [6, 6.07) is 7.54. The molecule has 0 bridgehead atoms. The van der Waals surface area contributed by atoms with Gasteiger partial charge in [0.15, 0.2) is 5.58 Å². The van der Waals surface area contributed by atoms with Crippen molar-refractivity contribution in [3.63, 3.8) is 0 Å². The fraction of sp³-hybridized carbons (Fsp3) is 0.500. The molecule has 3 rings (SSSR count). The first-order chi connectivity index (χ1) is 12.1. The zero-order valence-electron chi connectivity index (χ0n) is 14.4. The molecule has 2 heterocycles. The van der Waals surface area contributed by atoms with E-state index in [1.807, 2.05) is 43.0 Å². The minimum absolute atomic E-state index is 0.0505. The van der Waals surface area contributed by atoms with E-state index >= 15 is 0 Å². The van der Waals surface area contributed by atoms with Crippen molar-refractivity contribution in [1.29, 1.82) is 0 Å². The highest BCUT2D eigenvalue weighted by Gasteiger charge is 2.30. The van der Waals surface area contributed by atoms with Gasteiger partial charge in [0.2, 0.25) is 5.91 Å². The Bertz CT molecular complexity index is 719. The van der Waals surface area contributed by atoms with Crippen LogP contribution >= 0.6 is 11.8 Å². The van der Waals surface area contributed by atoms with Crippen molar-refractivity contribution in [2.45, 2.75) is 37.2 Å². The molecule has 0 N–H and O–H groups in total. The fourth-order valence-corrected chi connectivity index (χ4v) is 3.80. The molecule has 6 nitrogen and oxygen atoms in total. The van der Waals surface area contributed by atoms with Gasteiger partial charge in [-0.1, -0.05) is 23.9 Å². The number of nitrogens with zero attached hydrogens (tertiary/aromatic N) is 2. The summed E-state index contributed by atoms with van der Waals surface area (Å²) in [7, 11) is 0. The molecule has 0 spiro atoms. The van der Waals surface area contributed by atoms with Gasteiger partial charge in [-0.15, -0.1) is 0 Å². The largest absolute Gasteiger partial charge is 0.466 e. The number of aromatic nitrogens is 1. The minimum Gasteiger partial charge on any atom is -0.466 e. The number of ether oxygens (including phenoxy) is 1. The van der Waals surface area contributed by atoms with E-state index in [4.69, 9.17) is 9.15 Å². The molecular weight excluding hydrogens is 340 g/mol. The summed E-state index contributed by atoms with van der Waals surface area (Å²) in [5.41, 5.74) is 1.51. The number of amides is 1. The first-order valence-corrected chi connectivity index (χ1v) is 9.44. The Hall–Kier alpha value is -2.02. The lowest BCUT2D eigenvalue weighted by atomic mass is 9.97. The summed E-state index contributed by atoms with van der Waals surface area (Å²) >= 11 is 1.33. The second-order valence-corrected chi connectivity index (χ2v) is 7.35. The van der Waals surface area contributed by atoms with E-state index in [1.54, 1.807) is 0 Å². The van der Waals surface area contributed by atoms with Crippen molar-refractivity contribution in [2.75, 3.05) is 19.7 Å². The first-order valence-electron chi connectivity index (χ1n) is 8.56. The number of oxazole rings is 1. The van der Waals surface area contributed by atoms with Gasteiger partial charge in [0, 0.05) is 13.1 Å². The smallest absolute Gasteiger partial charge is 0.309 e. The van der Waals surface area contributed by atoms with Crippen LogP contribution in [0.3, 0.4) is 0 Å². The van der Waals surface area contributed by atoms with Crippen LogP contribution in [0.1, 0.15) is 26.7 Å². The molecule has 0 aliphatic carbocycles. The van der Waals surface area contributed by atoms with Crippen LogP contribution in [0.4, 0.5) is 0 Å². The maximum atomic E-state index is 12.6. The maximum absolute atomic E-state index is 12.6. The van der Waals surface area contributed by atoms with Crippen molar-refractivity contribution in [1.82, 2.24) is 9.88 Å². The van der Waals surface area contributed by atoms with E-state index in [0.29, 0.717) is 37.8 Å². The van der Waals surface area contributed by atoms with Gasteiger partial charge in [-0.2, -0.15) is 0 Å². The van der Waals surface area contributed by atoms with Crippen molar-refractivity contribution in [2.24, 2.45) is 5.92 Å². The molecule has 1 aliphatic rings. The SMILES string of the molecule is CCOC(=O)C1CCN(C(=O)[C@H](C)Sc2nc3ccccc3o2)CC1. The normalized spacial score (nSPS) is 16.8. The Kier molecular flexibility index (Phi) is 5.63. The second kappa shape index (κ2) is 7.91. The minimum atomic E-state index is -0.285. The van der Waals surface area contributed by atoms with Gasteiger partial charge in [0.25, 0.3) is 5.22 Å².